The molecule has 0 aliphatic rings. The molecule has 0 unspecified atom stereocenters. The van der Waals surface area contributed by atoms with Gasteiger partial charge in [0.25, 0.3) is 11.8 Å². The standard InChI is InChI=1S/C24H21N3O3S/c1-27(15-22-26-19-12-6-8-14-21(19)31-22)23(28)16-30-20-13-7-5-11-18(20)24(29)25-17-9-3-2-4-10-17/h2-14H,15-16H2,1H3,(H,25,29). The number of rotatable bonds is 7. The Balaban J connectivity index is 1.38. The molecule has 6 nitrogen and oxygen atoms in total. The molecule has 0 spiro atoms. The molecular weight excluding hydrogens is 410 g/mol. The molecule has 0 saturated heterocycles. The van der Waals surface area contributed by atoms with E-state index < -0.39 is 0 Å². The molecule has 0 atom stereocenters. The van der Waals surface area contributed by atoms with Crippen LogP contribution in [0.25, 0.3) is 10.2 Å². The van der Waals surface area contributed by atoms with E-state index in [2.05, 4.69) is 10.3 Å². The number of nitrogens with one attached hydrogen (secondary N) is 1. The summed E-state index contributed by atoms with van der Waals surface area (Å²) in [6, 6.07) is 23.9. The number of anilines is 1. The molecule has 1 heterocycles. The summed E-state index contributed by atoms with van der Waals surface area (Å²) < 4.78 is 6.80. The van der Waals surface area contributed by atoms with Gasteiger partial charge in [-0.1, -0.05) is 42.5 Å². The van der Waals surface area contributed by atoms with Gasteiger partial charge in [-0.15, -0.1) is 11.3 Å². The fraction of sp³-hybridized carbons (Fsp3) is 0.125. The maximum Gasteiger partial charge on any atom is 0.260 e. The van der Waals surface area contributed by atoms with Crippen molar-refractivity contribution in [1.82, 2.24) is 9.88 Å². The van der Waals surface area contributed by atoms with Gasteiger partial charge in [0.05, 0.1) is 22.3 Å². The fourth-order valence-corrected chi connectivity index (χ4v) is 4.05. The van der Waals surface area contributed by atoms with Gasteiger partial charge in [0, 0.05) is 12.7 Å². The highest BCUT2D eigenvalue weighted by Gasteiger charge is 2.16. The highest BCUT2D eigenvalue weighted by Crippen LogP contribution is 2.23. The number of hydrogen-bond donors (Lipinski definition) is 1. The SMILES string of the molecule is CN(Cc1nc2ccccc2s1)C(=O)COc1ccccc1C(=O)Nc1ccccc1. The van der Waals surface area contributed by atoms with E-state index in [0.717, 1.165) is 15.2 Å². The summed E-state index contributed by atoms with van der Waals surface area (Å²) in [6.07, 6.45) is 0. The number of likely N-dealkylation sites (N-methyl/N-ethyl adjacent to an activating group) is 1. The van der Waals surface area contributed by atoms with Gasteiger partial charge in [0.15, 0.2) is 6.61 Å². The van der Waals surface area contributed by atoms with E-state index in [1.165, 1.54) is 0 Å². The lowest BCUT2D eigenvalue weighted by atomic mass is 10.2. The maximum absolute atomic E-state index is 12.6. The van der Waals surface area contributed by atoms with Crippen molar-refractivity contribution < 1.29 is 14.3 Å². The molecular formula is C24H21N3O3S. The zero-order valence-corrected chi connectivity index (χ0v) is 17.8. The normalized spacial score (nSPS) is 10.6. The minimum absolute atomic E-state index is 0.170. The summed E-state index contributed by atoms with van der Waals surface area (Å²) >= 11 is 1.57. The molecule has 156 valence electrons. The third kappa shape index (κ3) is 5.07. The summed E-state index contributed by atoms with van der Waals surface area (Å²) in [4.78, 5) is 31.4. The van der Waals surface area contributed by atoms with Crippen LogP contribution in [0.15, 0.2) is 78.9 Å². The number of hydrogen-bond acceptors (Lipinski definition) is 5. The van der Waals surface area contributed by atoms with E-state index >= 15 is 0 Å². The molecule has 7 heteroatoms. The molecule has 3 aromatic carbocycles. The number of carbonyl (C=O) groups excluding carboxylic acids is 2. The van der Waals surface area contributed by atoms with Crippen molar-refractivity contribution >= 4 is 39.1 Å². The molecule has 0 aliphatic heterocycles. The first-order chi connectivity index (χ1) is 15.1. The van der Waals surface area contributed by atoms with Crippen LogP contribution in [0.1, 0.15) is 15.4 Å². The predicted molar refractivity (Wildman–Crippen MR) is 122 cm³/mol. The average molecular weight is 432 g/mol. The van der Waals surface area contributed by atoms with E-state index in [4.69, 9.17) is 4.74 Å². The van der Waals surface area contributed by atoms with Gasteiger partial charge in [-0.3, -0.25) is 9.59 Å². The predicted octanol–water partition coefficient (Wildman–Crippen LogP) is 4.59. The summed E-state index contributed by atoms with van der Waals surface area (Å²) in [5.74, 6) is -0.132. The van der Waals surface area contributed by atoms with E-state index in [1.54, 1.807) is 47.5 Å². The second kappa shape index (κ2) is 9.40. The molecule has 0 fully saturated rings. The van der Waals surface area contributed by atoms with Crippen LogP contribution in [0.4, 0.5) is 5.69 Å². The Kier molecular flexibility index (Phi) is 6.24. The minimum atomic E-state index is -0.294. The quantitative estimate of drug-likeness (QED) is 0.465. The van der Waals surface area contributed by atoms with Crippen molar-refractivity contribution in [1.29, 1.82) is 0 Å². The Morgan fingerprint density at radius 1 is 0.968 bits per heavy atom. The highest BCUT2D eigenvalue weighted by molar-refractivity contribution is 7.18. The van der Waals surface area contributed by atoms with Crippen LogP contribution in [0.2, 0.25) is 0 Å². The third-order valence-electron chi connectivity index (χ3n) is 4.65. The first kappa shape index (κ1) is 20.6. The number of para-hydroxylation sites is 3. The average Bonchev–Trinajstić information content (AvgIpc) is 3.20. The van der Waals surface area contributed by atoms with Gasteiger partial charge in [0.1, 0.15) is 10.8 Å². The first-order valence-electron chi connectivity index (χ1n) is 9.77. The largest absolute Gasteiger partial charge is 0.483 e. The second-order valence-electron chi connectivity index (χ2n) is 6.93. The van der Waals surface area contributed by atoms with Crippen molar-refractivity contribution in [3.05, 3.63) is 89.4 Å². The van der Waals surface area contributed by atoms with Crippen molar-refractivity contribution in [2.24, 2.45) is 0 Å². The Morgan fingerprint density at radius 3 is 2.48 bits per heavy atom. The zero-order chi connectivity index (χ0) is 21.6. The minimum Gasteiger partial charge on any atom is -0.483 e. The number of benzene rings is 3. The molecule has 31 heavy (non-hydrogen) atoms. The van der Waals surface area contributed by atoms with Crippen LogP contribution in [0.3, 0.4) is 0 Å². The molecule has 4 aromatic rings. The van der Waals surface area contributed by atoms with Gasteiger partial charge < -0.3 is 15.0 Å². The number of aromatic nitrogens is 1. The number of carbonyl (C=O) groups is 2. The molecule has 4 rings (SSSR count). The fourth-order valence-electron chi connectivity index (χ4n) is 3.03. The maximum atomic E-state index is 12.6. The van der Waals surface area contributed by atoms with E-state index in [1.807, 2.05) is 54.6 Å². The molecule has 0 bridgehead atoms. The highest BCUT2D eigenvalue weighted by atomic mass is 32.1. The van der Waals surface area contributed by atoms with Crippen LogP contribution < -0.4 is 10.1 Å². The first-order valence-corrected chi connectivity index (χ1v) is 10.6. The molecule has 0 radical (unpaired) electrons. The molecule has 1 N–H and O–H groups in total. The summed E-state index contributed by atoms with van der Waals surface area (Å²) in [6.45, 7) is 0.231. The Morgan fingerprint density at radius 2 is 1.68 bits per heavy atom. The number of amides is 2. The molecule has 0 saturated carbocycles. The number of thiazole rings is 1. The van der Waals surface area contributed by atoms with Gasteiger partial charge >= 0.3 is 0 Å². The van der Waals surface area contributed by atoms with E-state index in [-0.39, 0.29) is 18.4 Å². The van der Waals surface area contributed by atoms with Crippen molar-refractivity contribution in [2.45, 2.75) is 6.54 Å². The van der Waals surface area contributed by atoms with E-state index in [9.17, 15) is 9.59 Å². The zero-order valence-electron chi connectivity index (χ0n) is 16.9. The molecule has 0 aliphatic carbocycles. The summed E-state index contributed by atoms with van der Waals surface area (Å²) in [7, 11) is 1.71. The van der Waals surface area contributed by atoms with Crippen LogP contribution in [-0.4, -0.2) is 35.4 Å². The van der Waals surface area contributed by atoms with Gasteiger partial charge in [-0.05, 0) is 36.4 Å². The second-order valence-corrected chi connectivity index (χ2v) is 8.05. The molecule has 2 amide bonds. The summed E-state index contributed by atoms with van der Waals surface area (Å²) in [5, 5.41) is 3.69. The van der Waals surface area contributed by atoms with Crippen molar-refractivity contribution in [2.75, 3.05) is 19.0 Å². The van der Waals surface area contributed by atoms with Gasteiger partial charge in [-0.25, -0.2) is 4.98 Å². The number of nitrogens with zero attached hydrogens (tertiary/aromatic N) is 2. The van der Waals surface area contributed by atoms with Crippen molar-refractivity contribution in [3.63, 3.8) is 0 Å². The lowest BCUT2D eigenvalue weighted by Gasteiger charge is -2.17. The van der Waals surface area contributed by atoms with Crippen LogP contribution in [0.5, 0.6) is 5.75 Å². The lowest BCUT2D eigenvalue weighted by molar-refractivity contribution is -0.132. The monoisotopic (exact) mass is 431 g/mol. The van der Waals surface area contributed by atoms with Gasteiger partial charge in [0.2, 0.25) is 0 Å². The smallest absolute Gasteiger partial charge is 0.260 e. The van der Waals surface area contributed by atoms with E-state index in [0.29, 0.717) is 23.5 Å². The Labute approximate surface area is 184 Å². The van der Waals surface area contributed by atoms with Crippen LogP contribution >= 0.6 is 11.3 Å². The lowest BCUT2D eigenvalue weighted by Crippen LogP contribution is -2.31. The molecule has 1 aromatic heterocycles. The Hall–Kier alpha value is -3.71. The van der Waals surface area contributed by atoms with Crippen molar-refractivity contribution in [3.8, 4) is 5.75 Å². The Bertz CT molecular complexity index is 1170. The summed E-state index contributed by atoms with van der Waals surface area (Å²) in [5.41, 5.74) is 1.99. The van der Waals surface area contributed by atoms with Crippen LogP contribution in [-0.2, 0) is 11.3 Å². The van der Waals surface area contributed by atoms with Crippen LogP contribution in [0, 0.1) is 0 Å². The number of ether oxygens (including phenoxy) is 1. The van der Waals surface area contributed by atoms with Gasteiger partial charge in [-0.2, -0.15) is 0 Å². The third-order valence-corrected chi connectivity index (χ3v) is 5.67. The number of fused-ring (bicyclic) bond motifs is 1. The topological polar surface area (TPSA) is 71.5 Å².